The van der Waals surface area contributed by atoms with E-state index in [1.807, 2.05) is 20.8 Å². The maximum atomic E-state index is 12.0. The molecular weight excluding hydrogens is 459 g/mol. The minimum Gasteiger partial charge on any atom is -0.355 e. The van der Waals surface area contributed by atoms with Gasteiger partial charge in [0.15, 0.2) is 5.96 Å². The van der Waals surface area contributed by atoms with Crippen LogP contribution in [0.25, 0.3) is 0 Å². The fourth-order valence-electron chi connectivity index (χ4n) is 1.41. The van der Waals surface area contributed by atoms with Gasteiger partial charge >= 0.3 is 0 Å². The highest BCUT2D eigenvalue weighted by atomic mass is 127. The third-order valence-electron chi connectivity index (χ3n) is 2.24. The Labute approximate surface area is 158 Å². The van der Waals surface area contributed by atoms with Gasteiger partial charge in [-0.05, 0) is 32.9 Å². The molecule has 0 bridgehead atoms. The highest BCUT2D eigenvalue weighted by Crippen LogP contribution is 2.24. The van der Waals surface area contributed by atoms with E-state index in [4.69, 9.17) is 11.6 Å². The van der Waals surface area contributed by atoms with Gasteiger partial charge in [-0.3, -0.25) is 4.99 Å². The molecule has 0 atom stereocenters. The van der Waals surface area contributed by atoms with Gasteiger partial charge in [0.25, 0.3) is 0 Å². The lowest BCUT2D eigenvalue weighted by molar-refractivity contribution is 0.501. The molecule has 0 saturated heterocycles. The second-order valence-corrected chi connectivity index (χ2v) is 9.04. The van der Waals surface area contributed by atoms with Gasteiger partial charge in [-0.1, -0.05) is 11.6 Å². The van der Waals surface area contributed by atoms with E-state index in [1.165, 1.54) is 6.07 Å². The number of rotatable bonds is 5. The molecule has 0 amide bonds. The molecule has 22 heavy (non-hydrogen) atoms. The summed E-state index contributed by atoms with van der Waals surface area (Å²) in [5.74, 6) is 0.626. The van der Waals surface area contributed by atoms with Crippen molar-refractivity contribution in [2.45, 2.75) is 30.5 Å². The molecule has 0 spiro atoms. The molecule has 1 aromatic heterocycles. The Kier molecular flexibility index (Phi) is 9.22. The zero-order chi connectivity index (χ0) is 16.1. The van der Waals surface area contributed by atoms with E-state index in [2.05, 4.69) is 20.3 Å². The first-order valence-corrected chi connectivity index (χ1v) is 9.06. The van der Waals surface area contributed by atoms with Crippen LogP contribution in [0.5, 0.6) is 0 Å². The average molecular weight is 481 g/mol. The van der Waals surface area contributed by atoms with E-state index < -0.39 is 10.0 Å². The third kappa shape index (κ3) is 7.95. The predicted octanol–water partition coefficient (Wildman–Crippen LogP) is 2.26. The molecule has 128 valence electrons. The summed E-state index contributed by atoms with van der Waals surface area (Å²) < 4.78 is 27.1. The summed E-state index contributed by atoms with van der Waals surface area (Å²) in [5, 5.41) is 6.23. The van der Waals surface area contributed by atoms with Crippen LogP contribution in [0.15, 0.2) is 21.3 Å². The smallest absolute Gasteiger partial charge is 0.250 e. The van der Waals surface area contributed by atoms with Crippen LogP contribution in [0.3, 0.4) is 0 Å². The quantitative estimate of drug-likeness (QED) is 0.261. The van der Waals surface area contributed by atoms with Crippen molar-refractivity contribution in [1.29, 1.82) is 0 Å². The van der Waals surface area contributed by atoms with Crippen molar-refractivity contribution in [3.8, 4) is 0 Å². The normalized spacial score (nSPS) is 12.7. The molecule has 1 heterocycles. The summed E-state index contributed by atoms with van der Waals surface area (Å²) in [4.78, 5) is 4.07. The fraction of sp³-hybridized carbons (Fsp3) is 0.583. The van der Waals surface area contributed by atoms with Gasteiger partial charge in [-0.2, -0.15) is 0 Å². The Morgan fingerprint density at radius 3 is 2.41 bits per heavy atom. The molecule has 0 aromatic carbocycles. The number of nitrogens with one attached hydrogen (secondary N) is 3. The third-order valence-corrected chi connectivity index (χ3v) is 5.42. The minimum absolute atomic E-state index is 0. The van der Waals surface area contributed by atoms with Crippen molar-refractivity contribution >= 4 is 62.9 Å². The van der Waals surface area contributed by atoms with Gasteiger partial charge < -0.3 is 10.6 Å². The Morgan fingerprint density at radius 1 is 1.32 bits per heavy atom. The lowest BCUT2D eigenvalue weighted by Crippen LogP contribution is -2.49. The van der Waals surface area contributed by atoms with Crippen LogP contribution in [0.4, 0.5) is 0 Å². The summed E-state index contributed by atoms with van der Waals surface area (Å²) in [6.07, 6.45) is 0. The van der Waals surface area contributed by atoms with Crippen molar-refractivity contribution in [2.75, 3.05) is 20.1 Å². The maximum absolute atomic E-state index is 12.0. The van der Waals surface area contributed by atoms with Crippen molar-refractivity contribution in [1.82, 2.24) is 15.4 Å². The van der Waals surface area contributed by atoms with E-state index in [-0.39, 0.29) is 40.3 Å². The van der Waals surface area contributed by atoms with E-state index in [9.17, 15) is 8.42 Å². The van der Waals surface area contributed by atoms with Gasteiger partial charge in [0.05, 0.1) is 4.34 Å². The van der Waals surface area contributed by atoms with Crippen LogP contribution in [-0.4, -0.2) is 40.1 Å². The van der Waals surface area contributed by atoms with Crippen molar-refractivity contribution in [3.05, 3.63) is 16.5 Å². The molecule has 0 saturated carbocycles. The minimum atomic E-state index is -3.50. The van der Waals surface area contributed by atoms with Crippen LogP contribution in [0.1, 0.15) is 20.8 Å². The first kappa shape index (κ1) is 21.9. The molecule has 0 fully saturated rings. The van der Waals surface area contributed by atoms with Crippen LogP contribution in [-0.2, 0) is 10.0 Å². The molecule has 0 radical (unpaired) electrons. The van der Waals surface area contributed by atoms with Crippen molar-refractivity contribution in [3.63, 3.8) is 0 Å². The standard InChI is InChI=1S/C12H21ClN4O2S2.HI/c1-12(2,3)17-11(14-4)15-7-8-16-21(18,19)10-6-5-9(13)20-10;/h5-6,16H,7-8H2,1-4H3,(H2,14,15,17);1H. The number of hydrogen-bond donors (Lipinski definition) is 3. The number of guanidine groups is 1. The Bertz CT molecular complexity index is 597. The summed E-state index contributed by atoms with van der Waals surface area (Å²) in [7, 11) is -1.83. The molecule has 0 aliphatic heterocycles. The SMILES string of the molecule is CN=C(NCCNS(=O)(=O)c1ccc(Cl)s1)NC(C)(C)C.I. The van der Waals surface area contributed by atoms with Gasteiger partial charge in [0, 0.05) is 25.7 Å². The Balaban J connectivity index is 0.00000441. The lowest BCUT2D eigenvalue weighted by Gasteiger charge is -2.23. The van der Waals surface area contributed by atoms with Crippen molar-refractivity contribution in [2.24, 2.45) is 4.99 Å². The van der Waals surface area contributed by atoms with E-state index in [0.717, 1.165) is 11.3 Å². The van der Waals surface area contributed by atoms with Gasteiger partial charge in [-0.15, -0.1) is 35.3 Å². The van der Waals surface area contributed by atoms with Crippen LogP contribution in [0, 0.1) is 0 Å². The monoisotopic (exact) mass is 480 g/mol. The van der Waals surface area contributed by atoms with Gasteiger partial charge in [0.2, 0.25) is 10.0 Å². The van der Waals surface area contributed by atoms with Crippen LogP contribution < -0.4 is 15.4 Å². The Morgan fingerprint density at radius 2 is 1.95 bits per heavy atom. The zero-order valence-corrected chi connectivity index (χ0v) is 17.7. The first-order valence-electron chi connectivity index (χ1n) is 6.38. The molecular formula is C12H22ClIN4O2S2. The van der Waals surface area contributed by atoms with E-state index in [1.54, 1.807) is 13.1 Å². The van der Waals surface area contributed by atoms with E-state index >= 15 is 0 Å². The highest BCUT2D eigenvalue weighted by Gasteiger charge is 2.16. The number of aliphatic imine (C=N–C) groups is 1. The first-order chi connectivity index (χ1) is 9.64. The molecule has 3 N–H and O–H groups in total. The lowest BCUT2D eigenvalue weighted by atomic mass is 10.1. The second-order valence-electron chi connectivity index (χ2n) is 5.33. The summed E-state index contributed by atoms with van der Waals surface area (Å²) in [5.41, 5.74) is -0.116. The number of thiophene rings is 1. The average Bonchev–Trinajstić information content (AvgIpc) is 2.79. The molecule has 6 nitrogen and oxygen atoms in total. The van der Waals surface area contributed by atoms with Gasteiger partial charge in [-0.25, -0.2) is 13.1 Å². The number of halogens is 2. The number of sulfonamides is 1. The van der Waals surface area contributed by atoms with Crippen LogP contribution in [0.2, 0.25) is 4.34 Å². The molecule has 10 heteroatoms. The largest absolute Gasteiger partial charge is 0.355 e. The van der Waals surface area contributed by atoms with Crippen molar-refractivity contribution < 1.29 is 8.42 Å². The summed E-state index contributed by atoms with van der Waals surface area (Å²) >= 11 is 6.77. The zero-order valence-electron chi connectivity index (χ0n) is 12.9. The number of hydrogen-bond acceptors (Lipinski definition) is 4. The fourth-order valence-corrected chi connectivity index (χ4v) is 3.97. The molecule has 0 unspecified atom stereocenters. The summed E-state index contributed by atoms with van der Waals surface area (Å²) in [6, 6.07) is 3.05. The molecule has 0 aliphatic carbocycles. The molecule has 0 aliphatic rings. The maximum Gasteiger partial charge on any atom is 0.250 e. The topological polar surface area (TPSA) is 82.6 Å². The van der Waals surface area contributed by atoms with E-state index in [0.29, 0.717) is 16.8 Å². The molecule has 1 aromatic rings. The van der Waals surface area contributed by atoms with Gasteiger partial charge in [0.1, 0.15) is 4.21 Å². The molecule has 1 rings (SSSR count). The Hall–Kier alpha value is -0.100. The summed E-state index contributed by atoms with van der Waals surface area (Å²) in [6.45, 7) is 6.73. The van der Waals surface area contributed by atoms with Crippen LogP contribution >= 0.6 is 46.9 Å². The number of nitrogens with zero attached hydrogens (tertiary/aromatic N) is 1. The second kappa shape index (κ2) is 9.26. The highest BCUT2D eigenvalue weighted by molar-refractivity contribution is 14.0. The predicted molar refractivity (Wildman–Crippen MR) is 104 cm³/mol.